The molecule has 0 radical (unpaired) electrons. The summed E-state index contributed by atoms with van der Waals surface area (Å²) in [6.45, 7) is 0. The number of nitro benzene ring substituents is 1. The molecule has 0 heterocycles. The predicted molar refractivity (Wildman–Crippen MR) is 52.5 cm³/mol. The second-order valence-electron chi connectivity index (χ2n) is 2.17. The van der Waals surface area contributed by atoms with Crippen molar-refractivity contribution in [1.82, 2.24) is 0 Å². The summed E-state index contributed by atoms with van der Waals surface area (Å²) in [7, 11) is 0. The molecular weight excluding hydrogens is 238 g/mol. The Hall–Kier alpha value is -0.710. The molecule has 0 amide bonds. The third-order valence-corrected chi connectivity index (χ3v) is 2.46. The normalized spacial score (nSPS) is 10.1. The van der Waals surface area contributed by atoms with Crippen LogP contribution in [0.4, 0.5) is 11.4 Å². The lowest BCUT2D eigenvalue weighted by atomic mass is 10.3. The zero-order valence-corrected chi connectivity index (χ0v) is 8.32. The van der Waals surface area contributed by atoms with Gasteiger partial charge in [0, 0.05) is 0 Å². The lowest BCUT2D eigenvalue weighted by Gasteiger charge is -2.02. The van der Waals surface area contributed by atoms with E-state index in [9.17, 15) is 10.1 Å². The minimum absolute atomic E-state index is 0.00701. The highest BCUT2D eigenvalue weighted by molar-refractivity contribution is 6.45. The smallest absolute Gasteiger partial charge is 0.313 e. The number of benzene rings is 1. The largest absolute Gasteiger partial charge is 0.392 e. The van der Waals surface area contributed by atoms with E-state index in [4.69, 9.17) is 40.5 Å². The first-order valence-electron chi connectivity index (χ1n) is 3.02. The second-order valence-corrected chi connectivity index (χ2v) is 3.37. The molecule has 0 aromatic heterocycles. The summed E-state index contributed by atoms with van der Waals surface area (Å²) in [6.07, 6.45) is 0. The molecule has 0 saturated heterocycles. The SMILES string of the molecule is Nc1c(Cl)cc(Cl)c(Cl)c1[N+](=O)[O-]. The van der Waals surface area contributed by atoms with E-state index in [-0.39, 0.29) is 20.8 Å². The number of rotatable bonds is 1. The van der Waals surface area contributed by atoms with Crippen molar-refractivity contribution >= 4 is 46.2 Å². The minimum Gasteiger partial charge on any atom is -0.392 e. The van der Waals surface area contributed by atoms with E-state index in [1.807, 2.05) is 0 Å². The lowest BCUT2D eigenvalue weighted by molar-refractivity contribution is -0.383. The highest BCUT2D eigenvalue weighted by atomic mass is 35.5. The fourth-order valence-electron chi connectivity index (χ4n) is 0.775. The molecule has 0 aliphatic carbocycles. The third-order valence-electron chi connectivity index (χ3n) is 1.37. The number of nitrogens with zero attached hydrogens (tertiary/aromatic N) is 1. The molecule has 0 saturated carbocycles. The third kappa shape index (κ3) is 1.80. The summed E-state index contributed by atoms with van der Waals surface area (Å²) in [5, 5.41) is 10.3. The van der Waals surface area contributed by atoms with Gasteiger partial charge in [-0.25, -0.2) is 0 Å². The molecule has 1 aromatic rings. The van der Waals surface area contributed by atoms with Gasteiger partial charge in [0.2, 0.25) is 0 Å². The van der Waals surface area contributed by atoms with Crippen LogP contribution in [-0.2, 0) is 0 Å². The standard InChI is InChI=1S/C6H3Cl3N2O2/c7-2-1-3(8)5(10)6(4(2)9)11(12)13/h1H,10H2. The van der Waals surface area contributed by atoms with Crippen LogP contribution in [0.25, 0.3) is 0 Å². The summed E-state index contributed by atoms with van der Waals surface area (Å²) in [6, 6.07) is 1.26. The molecule has 70 valence electrons. The number of hydrogen-bond donors (Lipinski definition) is 1. The van der Waals surface area contributed by atoms with E-state index in [0.717, 1.165) is 0 Å². The Kier molecular flexibility index (Phi) is 2.85. The molecule has 1 rings (SSSR count). The van der Waals surface area contributed by atoms with Crippen LogP contribution in [0.5, 0.6) is 0 Å². The van der Waals surface area contributed by atoms with Crippen LogP contribution < -0.4 is 5.73 Å². The van der Waals surface area contributed by atoms with Crippen molar-refractivity contribution in [2.24, 2.45) is 0 Å². The van der Waals surface area contributed by atoms with Crippen LogP contribution in [0.3, 0.4) is 0 Å². The molecule has 0 spiro atoms. The summed E-state index contributed by atoms with van der Waals surface area (Å²) < 4.78 is 0. The number of hydrogen-bond acceptors (Lipinski definition) is 3. The fourth-order valence-corrected chi connectivity index (χ4v) is 1.45. The zero-order valence-electron chi connectivity index (χ0n) is 6.05. The summed E-state index contributed by atoms with van der Waals surface area (Å²) >= 11 is 16.7. The Morgan fingerprint density at radius 2 is 1.85 bits per heavy atom. The van der Waals surface area contributed by atoms with Crippen molar-refractivity contribution in [3.63, 3.8) is 0 Å². The lowest BCUT2D eigenvalue weighted by Crippen LogP contribution is -1.97. The highest BCUT2D eigenvalue weighted by Crippen LogP contribution is 2.40. The summed E-state index contributed by atoms with van der Waals surface area (Å²) in [5.74, 6) is 0. The zero-order chi connectivity index (χ0) is 10.2. The van der Waals surface area contributed by atoms with Crippen molar-refractivity contribution < 1.29 is 4.92 Å². The summed E-state index contributed by atoms with van der Waals surface area (Å²) in [5.41, 5.74) is 4.70. The van der Waals surface area contributed by atoms with Gasteiger partial charge in [-0.15, -0.1) is 0 Å². The van der Waals surface area contributed by atoms with Crippen molar-refractivity contribution in [3.05, 3.63) is 31.2 Å². The van der Waals surface area contributed by atoms with E-state index in [0.29, 0.717) is 0 Å². The van der Waals surface area contributed by atoms with Gasteiger partial charge in [-0.3, -0.25) is 10.1 Å². The van der Waals surface area contributed by atoms with Crippen LogP contribution in [-0.4, -0.2) is 4.92 Å². The van der Waals surface area contributed by atoms with Crippen molar-refractivity contribution in [1.29, 1.82) is 0 Å². The van der Waals surface area contributed by atoms with Gasteiger partial charge in [-0.2, -0.15) is 0 Å². The Morgan fingerprint density at radius 1 is 1.31 bits per heavy atom. The maximum Gasteiger partial charge on any atom is 0.313 e. The van der Waals surface area contributed by atoms with Crippen molar-refractivity contribution in [2.75, 3.05) is 5.73 Å². The van der Waals surface area contributed by atoms with E-state index >= 15 is 0 Å². The Bertz CT molecular complexity index is 354. The molecule has 7 heteroatoms. The van der Waals surface area contributed by atoms with Gasteiger partial charge in [-0.05, 0) is 6.07 Å². The monoisotopic (exact) mass is 240 g/mol. The first-order valence-corrected chi connectivity index (χ1v) is 4.16. The van der Waals surface area contributed by atoms with E-state index in [2.05, 4.69) is 0 Å². The second kappa shape index (κ2) is 3.57. The van der Waals surface area contributed by atoms with Gasteiger partial charge in [-0.1, -0.05) is 34.8 Å². The number of halogens is 3. The van der Waals surface area contributed by atoms with E-state index in [1.165, 1.54) is 6.07 Å². The van der Waals surface area contributed by atoms with E-state index in [1.54, 1.807) is 0 Å². The average Bonchev–Trinajstić information content (AvgIpc) is 2.01. The molecule has 0 bridgehead atoms. The van der Waals surface area contributed by atoms with Gasteiger partial charge in [0.05, 0.1) is 15.0 Å². The van der Waals surface area contributed by atoms with Crippen LogP contribution in [0.1, 0.15) is 0 Å². The summed E-state index contributed by atoms with van der Waals surface area (Å²) in [4.78, 5) is 9.74. The quantitative estimate of drug-likeness (QED) is 0.355. The molecular formula is C6H3Cl3N2O2. The van der Waals surface area contributed by atoms with Crippen molar-refractivity contribution in [3.8, 4) is 0 Å². The highest BCUT2D eigenvalue weighted by Gasteiger charge is 2.22. The minimum atomic E-state index is -0.727. The Morgan fingerprint density at radius 3 is 2.31 bits per heavy atom. The van der Waals surface area contributed by atoms with Crippen molar-refractivity contribution in [2.45, 2.75) is 0 Å². The molecule has 0 unspecified atom stereocenters. The predicted octanol–water partition coefficient (Wildman–Crippen LogP) is 3.14. The van der Waals surface area contributed by atoms with Gasteiger partial charge in [0.25, 0.3) is 0 Å². The maximum absolute atomic E-state index is 10.5. The first kappa shape index (κ1) is 10.4. The molecule has 0 aliphatic rings. The maximum atomic E-state index is 10.5. The molecule has 1 aromatic carbocycles. The first-order chi connectivity index (χ1) is 5.95. The van der Waals surface area contributed by atoms with E-state index < -0.39 is 10.6 Å². The van der Waals surface area contributed by atoms with Crippen LogP contribution in [0.2, 0.25) is 15.1 Å². The topological polar surface area (TPSA) is 69.2 Å². The molecule has 13 heavy (non-hydrogen) atoms. The van der Waals surface area contributed by atoms with Gasteiger partial charge in [0.1, 0.15) is 10.7 Å². The average molecular weight is 241 g/mol. The molecule has 4 nitrogen and oxygen atoms in total. The van der Waals surface area contributed by atoms with Gasteiger partial charge >= 0.3 is 5.69 Å². The molecule has 2 N–H and O–H groups in total. The Labute approximate surface area is 88.3 Å². The molecule has 0 fully saturated rings. The van der Waals surface area contributed by atoms with Crippen LogP contribution >= 0.6 is 34.8 Å². The van der Waals surface area contributed by atoms with Gasteiger partial charge < -0.3 is 5.73 Å². The van der Waals surface area contributed by atoms with Crippen LogP contribution in [0.15, 0.2) is 6.07 Å². The molecule has 0 atom stereocenters. The van der Waals surface area contributed by atoms with Gasteiger partial charge in [0.15, 0.2) is 0 Å². The fraction of sp³-hybridized carbons (Fsp3) is 0. The number of anilines is 1. The molecule has 0 aliphatic heterocycles. The van der Waals surface area contributed by atoms with Crippen LogP contribution in [0, 0.1) is 10.1 Å². The Balaban J connectivity index is 3.56. The number of nitrogen functional groups attached to an aromatic ring is 1. The number of nitro groups is 1. The number of nitrogens with two attached hydrogens (primary N) is 1.